The molecular weight excluding hydrogens is 482 g/mol. The Morgan fingerprint density at radius 1 is 1.00 bits per heavy atom. The molecule has 21 heavy (non-hydrogen) atoms. The van der Waals surface area contributed by atoms with Gasteiger partial charge >= 0.3 is 11.9 Å². The lowest BCUT2D eigenvalue weighted by Crippen LogP contribution is -2.24. The molecule has 0 amide bonds. The molecule has 0 heterocycles. The number of carbonyl (C=O) groups is 2. The highest BCUT2D eigenvalue weighted by molar-refractivity contribution is 9.11. The number of rotatable bonds is 6. The van der Waals surface area contributed by atoms with Crippen molar-refractivity contribution in [2.45, 2.75) is 6.10 Å². The summed E-state index contributed by atoms with van der Waals surface area (Å²) in [7, 11) is 0. The topological polar surface area (TPSA) is 127 Å². The summed E-state index contributed by atoms with van der Waals surface area (Å²) in [6, 6.07) is 0. The van der Waals surface area contributed by atoms with Crippen LogP contribution < -0.4 is 5.32 Å². The van der Waals surface area contributed by atoms with Gasteiger partial charge in [-0.1, -0.05) is 0 Å². The van der Waals surface area contributed by atoms with Crippen molar-refractivity contribution in [2.75, 3.05) is 18.5 Å². The van der Waals surface area contributed by atoms with E-state index in [1.165, 1.54) is 0 Å². The van der Waals surface area contributed by atoms with Crippen molar-refractivity contribution < 1.29 is 30.0 Å². The number of carboxylic acid groups (broad SMARTS) is 2. The standard InChI is InChI=1S/C11H10Br3NO6/c12-6-4(10(18)19)7(13)9(15-1-3(17)2-16)8(14)5(6)11(20)21/h3,15-17H,1-2H2,(H,18,19)(H,20,21). The van der Waals surface area contributed by atoms with Crippen LogP contribution in [0.1, 0.15) is 20.7 Å². The highest BCUT2D eigenvalue weighted by Crippen LogP contribution is 2.42. The monoisotopic (exact) mass is 489 g/mol. The Labute approximate surface area is 144 Å². The van der Waals surface area contributed by atoms with E-state index in [4.69, 9.17) is 5.11 Å². The zero-order valence-electron chi connectivity index (χ0n) is 10.2. The first-order chi connectivity index (χ1) is 9.72. The first kappa shape index (κ1) is 18.4. The molecule has 0 aliphatic heterocycles. The largest absolute Gasteiger partial charge is 0.478 e. The quantitative estimate of drug-likeness (QED) is 0.412. The first-order valence-electron chi connectivity index (χ1n) is 5.42. The maximum Gasteiger partial charge on any atom is 0.338 e. The molecule has 116 valence electrons. The van der Waals surface area contributed by atoms with Crippen molar-refractivity contribution in [1.29, 1.82) is 0 Å². The molecular formula is C11H10Br3NO6. The fourth-order valence-electron chi connectivity index (χ4n) is 1.48. The van der Waals surface area contributed by atoms with Crippen LogP contribution in [-0.2, 0) is 0 Å². The molecule has 0 aromatic heterocycles. The Hall–Kier alpha value is -0.680. The third-order valence-electron chi connectivity index (χ3n) is 2.47. The summed E-state index contributed by atoms with van der Waals surface area (Å²) in [6.45, 7) is -0.580. The summed E-state index contributed by atoms with van der Waals surface area (Å²) < 4.78 is 0.141. The lowest BCUT2D eigenvalue weighted by Gasteiger charge is -2.18. The van der Waals surface area contributed by atoms with E-state index in [1.807, 2.05) is 0 Å². The van der Waals surface area contributed by atoms with E-state index in [2.05, 4.69) is 53.1 Å². The zero-order valence-corrected chi connectivity index (χ0v) is 15.0. The average molecular weight is 492 g/mol. The summed E-state index contributed by atoms with van der Waals surface area (Å²) in [5.41, 5.74) is -0.381. The van der Waals surface area contributed by atoms with Gasteiger partial charge in [-0.2, -0.15) is 0 Å². The molecule has 7 nitrogen and oxygen atoms in total. The number of aliphatic hydroxyl groups excluding tert-OH is 2. The second kappa shape index (κ2) is 7.54. The van der Waals surface area contributed by atoms with Gasteiger partial charge in [0, 0.05) is 11.0 Å². The van der Waals surface area contributed by atoms with Gasteiger partial charge < -0.3 is 25.7 Å². The maximum absolute atomic E-state index is 11.3. The molecule has 10 heteroatoms. The molecule has 0 aliphatic carbocycles. The van der Waals surface area contributed by atoms with E-state index in [9.17, 15) is 24.9 Å². The third-order valence-corrected chi connectivity index (χ3v) is 4.85. The van der Waals surface area contributed by atoms with Crippen LogP contribution in [0.2, 0.25) is 0 Å². The molecule has 0 bridgehead atoms. The molecule has 0 saturated carbocycles. The van der Waals surface area contributed by atoms with Crippen LogP contribution in [0.3, 0.4) is 0 Å². The second-order valence-corrected chi connectivity index (χ2v) is 6.27. The van der Waals surface area contributed by atoms with Crippen molar-refractivity contribution in [3.05, 3.63) is 24.5 Å². The van der Waals surface area contributed by atoms with Crippen molar-refractivity contribution >= 4 is 65.4 Å². The van der Waals surface area contributed by atoms with Crippen LogP contribution in [0, 0.1) is 0 Å². The molecule has 1 aromatic rings. The van der Waals surface area contributed by atoms with Crippen molar-refractivity contribution in [2.24, 2.45) is 0 Å². The van der Waals surface area contributed by atoms with Crippen LogP contribution in [0.15, 0.2) is 13.4 Å². The number of aliphatic hydroxyl groups is 2. The molecule has 0 aliphatic rings. The highest BCUT2D eigenvalue weighted by Gasteiger charge is 2.27. The third kappa shape index (κ3) is 3.95. The summed E-state index contributed by atoms with van der Waals surface area (Å²) >= 11 is 9.17. The van der Waals surface area contributed by atoms with E-state index in [0.717, 1.165) is 0 Å². The van der Waals surface area contributed by atoms with Crippen molar-refractivity contribution in [1.82, 2.24) is 0 Å². The smallest absolute Gasteiger partial charge is 0.338 e. The molecule has 5 N–H and O–H groups in total. The van der Waals surface area contributed by atoms with E-state index in [0.29, 0.717) is 0 Å². The Morgan fingerprint density at radius 3 is 1.76 bits per heavy atom. The Kier molecular flexibility index (Phi) is 6.60. The van der Waals surface area contributed by atoms with E-state index in [-0.39, 0.29) is 36.8 Å². The minimum Gasteiger partial charge on any atom is -0.478 e. The number of hydrogen-bond acceptors (Lipinski definition) is 5. The molecule has 0 saturated heterocycles. The summed E-state index contributed by atoms with van der Waals surface area (Å²) in [5, 5.41) is 39.2. The SMILES string of the molecule is O=C(O)c1c(Br)c(NCC(O)CO)c(Br)c(C(=O)O)c1Br. The number of halogens is 3. The zero-order chi connectivity index (χ0) is 16.3. The number of aromatic carboxylic acids is 2. The van der Waals surface area contributed by atoms with Gasteiger partial charge in [-0.3, -0.25) is 0 Å². The van der Waals surface area contributed by atoms with Gasteiger partial charge in [0.15, 0.2) is 0 Å². The van der Waals surface area contributed by atoms with Gasteiger partial charge in [0.05, 0.1) is 38.5 Å². The molecule has 1 aromatic carbocycles. The lowest BCUT2D eigenvalue weighted by molar-refractivity contribution is 0.0694. The number of carboxylic acids is 2. The minimum absolute atomic E-state index is 0.0884. The predicted octanol–water partition coefficient (Wildman–Crippen LogP) is 2.14. The summed E-state index contributed by atoms with van der Waals surface area (Å²) in [5.74, 6) is -2.65. The lowest BCUT2D eigenvalue weighted by atomic mass is 10.1. The second-order valence-electron chi connectivity index (χ2n) is 3.89. The van der Waals surface area contributed by atoms with E-state index < -0.39 is 24.6 Å². The fraction of sp³-hybridized carbons (Fsp3) is 0.273. The molecule has 1 unspecified atom stereocenters. The Bertz CT molecular complexity index is 551. The molecule has 1 rings (SSSR count). The van der Waals surface area contributed by atoms with Gasteiger partial charge in [-0.15, -0.1) is 0 Å². The molecule has 0 radical (unpaired) electrons. The Morgan fingerprint density at radius 2 is 1.43 bits per heavy atom. The molecule has 0 spiro atoms. The average Bonchev–Trinajstić information content (AvgIpc) is 2.36. The number of anilines is 1. The van der Waals surface area contributed by atoms with Crippen LogP contribution in [0.25, 0.3) is 0 Å². The van der Waals surface area contributed by atoms with Gasteiger partial charge in [0.1, 0.15) is 0 Å². The fourth-order valence-corrected chi connectivity index (χ4v) is 4.43. The maximum atomic E-state index is 11.3. The molecule has 1 atom stereocenters. The van der Waals surface area contributed by atoms with Crippen LogP contribution in [0.4, 0.5) is 5.69 Å². The number of benzene rings is 1. The molecule has 0 fully saturated rings. The van der Waals surface area contributed by atoms with Crippen LogP contribution in [-0.4, -0.2) is 51.6 Å². The van der Waals surface area contributed by atoms with E-state index >= 15 is 0 Å². The normalized spacial score (nSPS) is 12.0. The summed E-state index contributed by atoms with van der Waals surface area (Å²) in [6.07, 6.45) is -1.07. The minimum atomic E-state index is -1.32. The van der Waals surface area contributed by atoms with Crippen molar-refractivity contribution in [3.8, 4) is 0 Å². The van der Waals surface area contributed by atoms with Crippen LogP contribution >= 0.6 is 47.8 Å². The van der Waals surface area contributed by atoms with Crippen LogP contribution in [0.5, 0.6) is 0 Å². The van der Waals surface area contributed by atoms with E-state index in [1.54, 1.807) is 0 Å². The van der Waals surface area contributed by atoms with Gasteiger partial charge in [0.2, 0.25) is 0 Å². The van der Waals surface area contributed by atoms with Gasteiger partial charge in [0.25, 0.3) is 0 Å². The van der Waals surface area contributed by atoms with Gasteiger partial charge in [-0.05, 0) is 47.8 Å². The first-order valence-corrected chi connectivity index (χ1v) is 7.80. The highest BCUT2D eigenvalue weighted by atomic mass is 79.9. The Balaban J connectivity index is 3.48. The number of nitrogens with one attached hydrogen (secondary N) is 1. The predicted molar refractivity (Wildman–Crippen MR) is 85.0 cm³/mol. The number of hydrogen-bond donors (Lipinski definition) is 5. The van der Waals surface area contributed by atoms with Gasteiger partial charge in [-0.25, -0.2) is 9.59 Å². The summed E-state index contributed by atoms with van der Waals surface area (Å²) in [4.78, 5) is 22.6. The van der Waals surface area contributed by atoms with Crippen molar-refractivity contribution in [3.63, 3.8) is 0 Å².